The van der Waals surface area contributed by atoms with Crippen LogP contribution in [0.5, 0.6) is 0 Å². The number of thioether (sulfide) groups is 1. The highest BCUT2D eigenvalue weighted by atomic mass is 32.2. The number of hydrogen-bond donors (Lipinski definition) is 1. The summed E-state index contributed by atoms with van der Waals surface area (Å²) in [6.45, 7) is 0. The number of amides is 2. The Morgan fingerprint density at radius 2 is 1.88 bits per heavy atom. The molecule has 166 valence electrons. The number of nitrogens with one attached hydrogen (secondary N) is 1. The summed E-state index contributed by atoms with van der Waals surface area (Å²) in [5, 5.41) is 12.0. The van der Waals surface area contributed by atoms with Gasteiger partial charge in [0.25, 0.3) is 5.91 Å². The van der Waals surface area contributed by atoms with Crippen LogP contribution in [0.25, 0.3) is 10.7 Å². The molecule has 2 heterocycles. The van der Waals surface area contributed by atoms with E-state index < -0.39 is 0 Å². The lowest BCUT2D eigenvalue weighted by Crippen LogP contribution is -2.39. The normalized spacial score (nSPS) is 14.2. The molecule has 1 aromatic carbocycles. The number of carbonyl (C=O) groups is 2. The first kappa shape index (κ1) is 22.4. The van der Waals surface area contributed by atoms with E-state index in [9.17, 15) is 9.59 Å². The minimum atomic E-state index is -0.273. The predicted octanol–water partition coefficient (Wildman–Crippen LogP) is 4.74. The van der Waals surface area contributed by atoms with Crippen molar-refractivity contribution in [1.82, 2.24) is 20.1 Å². The highest BCUT2D eigenvalue weighted by Gasteiger charge is 2.23. The Bertz CT molecular complexity index is 1070. The van der Waals surface area contributed by atoms with Crippen LogP contribution in [0.3, 0.4) is 0 Å². The van der Waals surface area contributed by atoms with E-state index in [2.05, 4.69) is 20.5 Å². The summed E-state index contributed by atoms with van der Waals surface area (Å²) in [7, 11) is 1.89. The first-order valence-electron chi connectivity index (χ1n) is 10.7. The van der Waals surface area contributed by atoms with Gasteiger partial charge in [-0.3, -0.25) is 19.9 Å². The fourth-order valence-electron chi connectivity index (χ4n) is 3.72. The fraction of sp³-hybridized carbons (Fsp3) is 0.348. The average molecular weight is 468 g/mol. The van der Waals surface area contributed by atoms with Crippen molar-refractivity contribution < 1.29 is 9.59 Å². The standard InChI is InChI=1S/C23H25N5O2S2/c1-28(16-9-3-2-4-10-16)20(29)15-31-19-13-6-5-11-17(19)21(30)25-23-27-26-22(32-23)18-12-7-8-14-24-18/h5-8,11-14,16H,2-4,9-10,15H2,1H3,(H,25,27,30). The van der Waals surface area contributed by atoms with E-state index in [1.165, 1.54) is 42.4 Å². The summed E-state index contributed by atoms with van der Waals surface area (Å²) in [5.41, 5.74) is 1.22. The van der Waals surface area contributed by atoms with Crippen molar-refractivity contribution in [1.29, 1.82) is 0 Å². The van der Waals surface area contributed by atoms with Crippen LogP contribution in [0.2, 0.25) is 0 Å². The topological polar surface area (TPSA) is 88.1 Å². The third-order valence-electron chi connectivity index (χ3n) is 5.53. The second kappa shape index (κ2) is 10.7. The zero-order valence-electron chi connectivity index (χ0n) is 17.9. The zero-order chi connectivity index (χ0) is 22.3. The van der Waals surface area contributed by atoms with Crippen molar-refractivity contribution in [3.8, 4) is 10.7 Å². The molecule has 9 heteroatoms. The molecule has 1 fully saturated rings. The van der Waals surface area contributed by atoms with Gasteiger partial charge in [-0.1, -0.05) is 48.8 Å². The largest absolute Gasteiger partial charge is 0.342 e. The molecule has 1 saturated carbocycles. The van der Waals surface area contributed by atoms with Crippen LogP contribution in [0.4, 0.5) is 5.13 Å². The maximum Gasteiger partial charge on any atom is 0.258 e. The Morgan fingerprint density at radius 3 is 2.66 bits per heavy atom. The predicted molar refractivity (Wildman–Crippen MR) is 128 cm³/mol. The molecule has 7 nitrogen and oxygen atoms in total. The van der Waals surface area contributed by atoms with E-state index in [-0.39, 0.29) is 11.8 Å². The van der Waals surface area contributed by atoms with Crippen molar-refractivity contribution >= 4 is 40.0 Å². The van der Waals surface area contributed by atoms with Gasteiger partial charge in [-0.25, -0.2) is 0 Å². The summed E-state index contributed by atoms with van der Waals surface area (Å²) >= 11 is 2.66. The van der Waals surface area contributed by atoms with Gasteiger partial charge in [-0.2, -0.15) is 0 Å². The Balaban J connectivity index is 1.39. The molecule has 1 aliphatic carbocycles. The molecule has 0 unspecified atom stereocenters. The molecular weight excluding hydrogens is 442 g/mol. The van der Waals surface area contributed by atoms with Crippen LogP contribution in [0.15, 0.2) is 53.6 Å². The molecule has 0 aliphatic heterocycles. The van der Waals surface area contributed by atoms with Crippen LogP contribution in [-0.2, 0) is 4.79 Å². The molecule has 1 aliphatic rings. The number of rotatable bonds is 7. The summed E-state index contributed by atoms with van der Waals surface area (Å²) in [6.07, 6.45) is 7.48. The lowest BCUT2D eigenvalue weighted by Gasteiger charge is -2.31. The maximum atomic E-state index is 12.9. The first-order valence-corrected chi connectivity index (χ1v) is 12.5. The van der Waals surface area contributed by atoms with Crippen LogP contribution in [-0.4, -0.2) is 50.7 Å². The molecule has 0 radical (unpaired) electrons. The summed E-state index contributed by atoms with van der Waals surface area (Å²) in [6, 6.07) is 13.2. The van der Waals surface area contributed by atoms with Gasteiger partial charge in [0.2, 0.25) is 11.0 Å². The number of carbonyl (C=O) groups excluding carboxylic acids is 2. The summed E-state index contributed by atoms with van der Waals surface area (Å²) in [5.74, 6) is 0.131. The third kappa shape index (κ3) is 5.52. The van der Waals surface area contributed by atoms with Crippen molar-refractivity contribution in [2.24, 2.45) is 0 Å². The first-order chi connectivity index (χ1) is 15.6. The van der Waals surface area contributed by atoms with Gasteiger partial charge in [-0.15, -0.1) is 22.0 Å². The highest BCUT2D eigenvalue weighted by molar-refractivity contribution is 8.00. The Hall–Kier alpha value is -2.78. The molecule has 0 spiro atoms. The number of nitrogens with zero attached hydrogens (tertiary/aromatic N) is 4. The molecule has 1 N–H and O–H groups in total. The highest BCUT2D eigenvalue weighted by Crippen LogP contribution is 2.28. The van der Waals surface area contributed by atoms with Gasteiger partial charge >= 0.3 is 0 Å². The molecule has 32 heavy (non-hydrogen) atoms. The lowest BCUT2D eigenvalue weighted by molar-refractivity contribution is -0.129. The fourth-order valence-corrected chi connectivity index (χ4v) is 5.41. The second-order valence-corrected chi connectivity index (χ2v) is 9.66. The van der Waals surface area contributed by atoms with Gasteiger partial charge in [0.1, 0.15) is 5.69 Å². The second-order valence-electron chi connectivity index (χ2n) is 7.66. The number of aromatic nitrogens is 3. The van der Waals surface area contributed by atoms with Crippen LogP contribution in [0, 0.1) is 0 Å². The van der Waals surface area contributed by atoms with Gasteiger partial charge in [0.15, 0.2) is 5.01 Å². The van der Waals surface area contributed by atoms with Gasteiger partial charge in [0, 0.05) is 24.2 Å². The van der Waals surface area contributed by atoms with Crippen LogP contribution in [0.1, 0.15) is 42.5 Å². The van der Waals surface area contributed by atoms with Crippen molar-refractivity contribution in [2.45, 2.75) is 43.0 Å². The smallest absolute Gasteiger partial charge is 0.258 e. The number of pyridine rings is 1. The molecule has 4 rings (SSSR count). The lowest BCUT2D eigenvalue weighted by atomic mass is 9.94. The van der Waals surface area contributed by atoms with E-state index in [1.807, 2.05) is 48.3 Å². The van der Waals surface area contributed by atoms with E-state index in [1.54, 1.807) is 12.3 Å². The third-order valence-corrected chi connectivity index (χ3v) is 7.45. The van der Waals surface area contributed by atoms with Gasteiger partial charge in [-0.05, 0) is 37.1 Å². The van der Waals surface area contributed by atoms with Crippen LogP contribution >= 0.6 is 23.1 Å². The van der Waals surface area contributed by atoms with Crippen molar-refractivity contribution in [3.63, 3.8) is 0 Å². The molecule has 2 amide bonds. The Labute approximate surface area is 195 Å². The van der Waals surface area contributed by atoms with E-state index in [0.717, 1.165) is 17.7 Å². The molecule has 2 aromatic heterocycles. The molecular formula is C23H25N5O2S2. The van der Waals surface area contributed by atoms with E-state index in [4.69, 9.17) is 0 Å². The molecule has 3 aromatic rings. The Morgan fingerprint density at radius 1 is 1.09 bits per heavy atom. The zero-order valence-corrected chi connectivity index (χ0v) is 19.5. The van der Waals surface area contributed by atoms with Gasteiger partial charge < -0.3 is 4.90 Å². The number of hydrogen-bond acceptors (Lipinski definition) is 7. The Kier molecular flexibility index (Phi) is 7.49. The van der Waals surface area contributed by atoms with Crippen molar-refractivity contribution in [2.75, 3.05) is 18.1 Å². The summed E-state index contributed by atoms with van der Waals surface area (Å²) < 4.78 is 0. The quantitative estimate of drug-likeness (QED) is 0.505. The minimum Gasteiger partial charge on any atom is -0.342 e. The minimum absolute atomic E-state index is 0.0984. The molecule has 0 atom stereocenters. The van der Waals surface area contributed by atoms with Gasteiger partial charge in [0.05, 0.1) is 11.3 Å². The molecule has 0 saturated heterocycles. The number of benzene rings is 1. The van der Waals surface area contributed by atoms with Crippen molar-refractivity contribution in [3.05, 3.63) is 54.2 Å². The monoisotopic (exact) mass is 467 g/mol. The average Bonchev–Trinajstić information content (AvgIpc) is 3.31. The SMILES string of the molecule is CN(C(=O)CSc1ccccc1C(=O)Nc1nnc(-c2ccccn2)s1)C1CCCCC1. The molecule has 0 bridgehead atoms. The van der Waals surface area contributed by atoms with E-state index >= 15 is 0 Å². The van der Waals surface area contributed by atoms with E-state index in [0.29, 0.717) is 33.2 Å². The van der Waals surface area contributed by atoms with Crippen LogP contribution < -0.4 is 5.32 Å². The number of anilines is 1. The summed E-state index contributed by atoms with van der Waals surface area (Å²) in [4.78, 5) is 32.5. The maximum absolute atomic E-state index is 12.9.